The molecule has 0 aromatic heterocycles. The van der Waals surface area contributed by atoms with Crippen molar-refractivity contribution in [3.05, 3.63) is 47.8 Å². The van der Waals surface area contributed by atoms with E-state index < -0.39 is 5.41 Å². The molecule has 4 heteroatoms. The van der Waals surface area contributed by atoms with Gasteiger partial charge in [0.15, 0.2) is 0 Å². The summed E-state index contributed by atoms with van der Waals surface area (Å²) in [5.74, 6) is -0.571. The summed E-state index contributed by atoms with van der Waals surface area (Å²) in [5.41, 5.74) is 6.41. The highest BCUT2D eigenvalue weighted by Gasteiger charge is 2.31. The Morgan fingerprint density at radius 1 is 1.24 bits per heavy atom. The third-order valence-corrected chi connectivity index (χ3v) is 3.77. The van der Waals surface area contributed by atoms with E-state index in [9.17, 15) is 9.18 Å². The van der Waals surface area contributed by atoms with Gasteiger partial charge in [-0.25, -0.2) is 4.39 Å². The van der Waals surface area contributed by atoms with Crippen LogP contribution >= 0.6 is 0 Å². The van der Waals surface area contributed by atoms with Gasteiger partial charge in [-0.3, -0.25) is 4.79 Å². The first kappa shape index (κ1) is 15.4. The lowest BCUT2D eigenvalue weighted by Gasteiger charge is -2.26. The van der Waals surface area contributed by atoms with Gasteiger partial charge < -0.3 is 10.5 Å². The molecule has 1 unspecified atom stereocenters. The molecule has 0 aliphatic carbocycles. The van der Waals surface area contributed by atoms with Gasteiger partial charge >= 0.3 is 5.97 Å². The molecule has 0 saturated heterocycles. The van der Waals surface area contributed by atoms with E-state index in [0.717, 1.165) is 10.9 Å². The summed E-state index contributed by atoms with van der Waals surface area (Å²) in [7, 11) is 1.36. The summed E-state index contributed by atoms with van der Waals surface area (Å²) < 4.78 is 18.6. The molecule has 112 valence electrons. The van der Waals surface area contributed by atoms with E-state index in [2.05, 4.69) is 0 Å². The molecular weight excluding hydrogens is 269 g/mol. The Balaban J connectivity index is 2.39. The van der Waals surface area contributed by atoms with Crippen LogP contribution in [0.4, 0.5) is 4.39 Å². The minimum Gasteiger partial charge on any atom is -0.469 e. The van der Waals surface area contributed by atoms with Gasteiger partial charge in [0.05, 0.1) is 12.5 Å². The van der Waals surface area contributed by atoms with Crippen LogP contribution in [0.1, 0.15) is 31.9 Å². The van der Waals surface area contributed by atoms with Crippen LogP contribution in [0.3, 0.4) is 0 Å². The van der Waals surface area contributed by atoms with Crippen LogP contribution in [0.15, 0.2) is 36.4 Å². The zero-order chi connectivity index (χ0) is 15.6. The van der Waals surface area contributed by atoms with Gasteiger partial charge in [0.25, 0.3) is 0 Å². The number of rotatable bonds is 4. The summed E-state index contributed by atoms with van der Waals surface area (Å²) in [6.45, 7) is 3.59. The van der Waals surface area contributed by atoms with E-state index >= 15 is 0 Å². The van der Waals surface area contributed by atoms with Crippen molar-refractivity contribution in [2.75, 3.05) is 7.11 Å². The lowest BCUT2D eigenvalue weighted by Crippen LogP contribution is -2.30. The maximum Gasteiger partial charge on any atom is 0.311 e. The molecule has 2 aromatic carbocycles. The van der Waals surface area contributed by atoms with E-state index in [1.54, 1.807) is 32.0 Å². The maximum atomic E-state index is 13.8. The lowest BCUT2D eigenvalue weighted by molar-refractivity contribution is -0.151. The van der Waals surface area contributed by atoms with Gasteiger partial charge in [-0.1, -0.05) is 30.3 Å². The predicted octanol–water partition coefficient (Wildman–Crippen LogP) is 3.57. The number of fused-ring (bicyclic) bond motifs is 1. The molecular formula is C17H20FNO2. The summed E-state index contributed by atoms with van der Waals surface area (Å²) in [4.78, 5) is 11.8. The SMILES string of the molecule is COC(=O)C(C)(C)CC(N)c1ccc(F)c2ccccc12. The van der Waals surface area contributed by atoms with Crippen molar-refractivity contribution in [3.63, 3.8) is 0 Å². The quantitative estimate of drug-likeness (QED) is 0.875. The molecule has 0 saturated carbocycles. The normalized spacial score (nSPS) is 13.2. The molecule has 0 spiro atoms. The average Bonchev–Trinajstić information content (AvgIpc) is 2.46. The second-order valence-corrected chi connectivity index (χ2v) is 5.87. The van der Waals surface area contributed by atoms with Gasteiger partial charge in [0.2, 0.25) is 0 Å². The van der Waals surface area contributed by atoms with Crippen LogP contribution in [-0.4, -0.2) is 13.1 Å². The molecule has 3 nitrogen and oxygen atoms in total. The first-order valence-electron chi connectivity index (χ1n) is 6.88. The minimum atomic E-state index is -0.691. The third kappa shape index (κ3) is 3.05. The topological polar surface area (TPSA) is 52.3 Å². The molecule has 0 bridgehead atoms. The van der Waals surface area contributed by atoms with E-state index in [0.29, 0.717) is 11.8 Å². The fourth-order valence-corrected chi connectivity index (χ4v) is 2.63. The van der Waals surface area contributed by atoms with E-state index in [1.807, 2.05) is 12.1 Å². The van der Waals surface area contributed by atoms with Crippen LogP contribution < -0.4 is 5.73 Å². The van der Waals surface area contributed by atoms with Crippen molar-refractivity contribution in [1.29, 1.82) is 0 Å². The van der Waals surface area contributed by atoms with Crippen molar-refractivity contribution >= 4 is 16.7 Å². The third-order valence-electron chi connectivity index (χ3n) is 3.77. The Kier molecular flexibility index (Phi) is 4.28. The number of carbonyl (C=O) groups excluding carboxylic acids is 1. The van der Waals surface area contributed by atoms with Gasteiger partial charge in [0, 0.05) is 11.4 Å². The molecule has 21 heavy (non-hydrogen) atoms. The Labute approximate surface area is 123 Å². The standard InChI is InChI=1S/C17H20FNO2/c1-17(2,16(20)21-3)10-15(19)13-8-9-14(18)12-7-5-4-6-11(12)13/h4-9,15H,10,19H2,1-3H3. The second kappa shape index (κ2) is 5.82. The zero-order valence-electron chi connectivity index (χ0n) is 12.5. The summed E-state index contributed by atoms with van der Waals surface area (Å²) in [6.07, 6.45) is 0.426. The monoisotopic (exact) mass is 289 g/mol. The van der Waals surface area contributed by atoms with E-state index in [1.165, 1.54) is 13.2 Å². The van der Waals surface area contributed by atoms with Crippen LogP contribution in [0, 0.1) is 11.2 Å². The van der Waals surface area contributed by atoms with Gasteiger partial charge in [0.1, 0.15) is 5.82 Å². The fourth-order valence-electron chi connectivity index (χ4n) is 2.63. The largest absolute Gasteiger partial charge is 0.469 e. The number of hydrogen-bond acceptors (Lipinski definition) is 3. The van der Waals surface area contributed by atoms with Crippen molar-refractivity contribution < 1.29 is 13.9 Å². The molecule has 2 rings (SSSR count). The first-order valence-corrected chi connectivity index (χ1v) is 6.88. The van der Waals surface area contributed by atoms with Crippen LogP contribution in [0.25, 0.3) is 10.8 Å². The predicted molar refractivity (Wildman–Crippen MR) is 81.2 cm³/mol. The van der Waals surface area contributed by atoms with Crippen molar-refractivity contribution in [1.82, 2.24) is 0 Å². The van der Waals surface area contributed by atoms with Crippen LogP contribution in [0.2, 0.25) is 0 Å². The fraction of sp³-hybridized carbons (Fsp3) is 0.353. The smallest absolute Gasteiger partial charge is 0.311 e. The number of ether oxygens (including phenoxy) is 1. The van der Waals surface area contributed by atoms with Crippen LogP contribution in [-0.2, 0) is 9.53 Å². The van der Waals surface area contributed by atoms with Crippen molar-refractivity contribution in [2.24, 2.45) is 11.1 Å². The summed E-state index contributed by atoms with van der Waals surface area (Å²) in [6, 6.07) is 9.95. The molecule has 0 amide bonds. The Morgan fingerprint density at radius 3 is 2.48 bits per heavy atom. The highest BCUT2D eigenvalue weighted by Crippen LogP contribution is 2.33. The minimum absolute atomic E-state index is 0.270. The highest BCUT2D eigenvalue weighted by atomic mass is 19.1. The Morgan fingerprint density at radius 2 is 1.86 bits per heavy atom. The number of esters is 1. The van der Waals surface area contributed by atoms with Crippen molar-refractivity contribution in [3.8, 4) is 0 Å². The summed E-state index contributed by atoms with van der Waals surface area (Å²) in [5, 5.41) is 1.33. The number of benzene rings is 2. The van der Waals surface area contributed by atoms with Crippen molar-refractivity contribution in [2.45, 2.75) is 26.3 Å². The molecule has 0 aliphatic rings. The number of hydrogen-bond donors (Lipinski definition) is 1. The molecule has 2 N–H and O–H groups in total. The van der Waals surface area contributed by atoms with E-state index in [-0.39, 0.29) is 17.8 Å². The molecule has 0 fully saturated rings. The first-order chi connectivity index (χ1) is 9.86. The molecule has 0 heterocycles. The second-order valence-electron chi connectivity index (χ2n) is 5.87. The van der Waals surface area contributed by atoms with Gasteiger partial charge in [-0.2, -0.15) is 0 Å². The number of carbonyl (C=O) groups is 1. The van der Waals surface area contributed by atoms with Gasteiger partial charge in [-0.05, 0) is 37.3 Å². The molecule has 2 aromatic rings. The molecule has 0 radical (unpaired) electrons. The average molecular weight is 289 g/mol. The Hall–Kier alpha value is -1.94. The zero-order valence-corrected chi connectivity index (χ0v) is 12.5. The molecule has 1 atom stereocenters. The van der Waals surface area contributed by atoms with E-state index in [4.69, 9.17) is 10.5 Å². The highest BCUT2D eigenvalue weighted by molar-refractivity contribution is 5.86. The number of halogens is 1. The molecule has 0 aliphatic heterocycles. The summed E-state index contributed by atoms with van der Waals surface area (Å²) >= 11 is 0. The van der Waals surface area contributed by atoms with Crippen LogP contribution in [0.5, 0.6) is 0 Å². The lowest BCUT2D eigenvalue weighted by atomic mass is 9.83. The number of methoxy groups -OCH3 is 1. The van der Waals surface area contributed by atoms with Gasteiger partial charge in [-0.15, -0.1) is 0 Å². The maximum absolute atomic E-state index is 13.8. The Bertz CT molecular complexity index is 667. The number of nitrogens with two attached hydrogens (primary N) is 1.